The van der Waals surface area contributed by atoms with Crippen molar-refractivity contribution < 1.29 is 60.1 Å². The molecule has 2 aliphatic rings. The Hall–Kier alpha value is -5.85. The summed E-state index contributed by atoms with van der Waals surface area (Å²) >= 11 is 0. The van der Waals surface area contributed by atoms with Gasteiger partial charge < -0.3 is 46.1 Å². The highest BCUT2D eigenvalue weighted by molar-refractivity contribution is 7.41. The third-order valence-corrected chi connectivity index (χ3v) is 26.9. The first-order chi connectivity index (χ1) is 39.9. The van der Waals surface area contributed by atoms with Crippen LogP contribution in [-0.4, -0.2) is 120 Å². The predicted molar refractivity (Wildman–Crippen MR) is 318 cm³/mol. The highest BCUT2D eigenvalue weighted by atomic mass is 31.2. The van der Waals surface area contributed by atoms with E-state index in [0.29, 0.717) is 11.5 Å². The molecule has 2 fully saturated rings. The Kier molecular flexibility index (Phi) is 19.1. The number of nitrogens with zero attached hydrogens (tertiary/aromatic N) is 7. The Bertz CT molecular complexity index is 3500. The summed E-state index contributed by atoms with van der Waals surface area (Å²) in [7, 11) is -8.13. The van der Waals surface area contributed by atoms with Gasteiger partial charge in [-0.1, -0.05) is 96.1 Å². The topological polar surface area (TPSA) is 241 Å². The van der Waals surface area contributed by atoms with Gasteiger partial charge in [-0.05, 0) is 77.2 Å². The molecule has 6 heterocycles. The highest BCUT2D eigenvalue weighted by Crippen LogP contribution is 2.52. The zero-order chi connectivity index (χ0) is 60.4. The van der Waals surface area contributed by atoms with Crippen molar-refractivity contribution in [2.24, 2.45) is 0 Å². The zero-order valence-corrected chi connectivity index (χ0v) is 53.0. The van der Waals surface area contributed by atoms with E-state index in [1.54, 1.807) is 35.7 Å². The van der Waals surface area contributed by atoms with Crippen LogP contribution in [0.15, 0.2) is 138 Å². The summed E-state index contributed by atoms with van der Waals surface area (Å²) < 4.78 is 92.9. The van der Waals surface area contributed by atoms with Crippen molar-refractivity contribution in [1.82, 2.24) is 27.9 Å². The minimum Gasteiger partial charge on any atom is -0.497 e. The number of benzene rings is 3. The molecular formula is C58H74N7O15P2Si2+. The molecule has 2 saturated heterocycles. The highest BCUT2D eigenvalue weighted by Gasteiger charge is 2.57. The number of aromatic nitrogens is 6. The molecule has 0 spiro atoms. The lowest BCUT2D eigenvalue weighted by Crippen LogP contribution is -2.50. The van der Waals surface area contributed by atoms with Gasteiger partial charge in [0, 0.05) is 53.9 Å². The normalized spacial score (nSPS) is 22.1. The van der Waals surface area contributed by atoms with Crippen molar-refractivity contribution in [2.75, 3.05) is 34.0 Å². The van der Waals surface area contributed by atoms with Gasteiger partial charge in [0.1, 0.15) is 47.6 Å². The van der Waals surface area contributed by atoms with Crippen LogP contribution in [0.3, 0.4) is 0 Å². The molecule has 2 aliphatic heterocycles. The van der Waals surface area contributed by atoms with Crippen LogP contribution in [0.2, 0.25) is 36.3 Å². The van der Waals surface area contributed by atoms with E-state index in [2.05, 4.69) is 70.7 Å². The van der Waals surface area contributed by atoms with Crippen LogP contribution >= 0.6 is 16.9 Å². The predicted octanol–water partition coefficient (Wildman–Crippen LogP) is 10.2. The van der Waals surface area contributed by atoms with Gasteiger partial charge in [0.05, 0.1) is 46.5 Å². The van der Waals surface area contributed by atoms with Crippen LogP contribution in [0.25, 0.3) is 11.6 Å². The number of rotatable bonds is 24. The molecule has 22 nitrogen and oxygen atoms in total. The molecule has 2 unspecified atom stereocenters. The van der Waals surface area contributed by atoms with E-state index in [9.17, 15) is 24.3 Å². The van der Waals surface area contributed by atoms with Crippen molar-refractivity contribution in [2.45, 2.75) is 139 Å². The van der Waals surface area contributed by atoms with Gasteiger partial charge in [0.15, 0.2) is 35.2 Å². The van der Waals surface area contributed by atoms with Gasteiger partial charge in [0.25, 0.3) is 11.1 Å². The second kappa shape index (κ2) is 25.6. The first-order valence-electron chi connectivity index (χ1n) is 27.6. The van der Waals surface area contributed by atoms with Gasteiger partial charge in [0.2, 0.25) is 11.6 Å². The maximum Gasteiger partial charge on any atom is 0.695 e. The summed E-state index contributed by atoms with van der Waals surface area (Å²) in [6, 6.07) is 30.1. The van der Waals surface area contributed by atoms with Crippen molar-refractivity contribution >= 4 is 45.0 Å². The molecule has 448 valence electrons. The summed E-state index contributed by atoms with van der Waals surface area (Å²) in [4.78, 5) is 45.9. The van der Waals surface area contributed by atoms with E-state index in [4.69, 9.17) is 50.6 Å². The smallest absolute Gasteiger partial charge is 0.497 e. The molecule has 0 bridgehead atoms. The first kappa shape index (κ1) is 62.7. The van der Waals surface area contributed by atoms with Crippen molar-refractivity contribution in [1.29, 1.82) is 5.26 Å². The molecule has 10 atom stereocenters. The van der Waals surface area contributed by atoms with Gasteiger partial charge in [-0.3, -0.25) is 27.5 Å². The number of nitriles is 1. The lowest BCUT2D eigenvalue weighted by Gasteiger charge is -2.41. The third-order valence-electron chi connectivity index (χ3n) is 16.3. The fraction of sp³-hybridized carbons (Fsp3) is 0.466. The van der Waals surface area contributed by atoms with Crippen LogP contribution < -0.4 is 20.6 Å². The third kappa shape index (κ3) is 13.0. The molecule has 26 heteroatoms. The SMILES string of the molecule is COc1ccc(C(OC[C@H]2O[C@@H](n3ccc(=O)n4ccnc34)[C@H](O[Si](C)(C)C(C)(C)C)[C@@H]2OP(OCCC#N)OC[C@H]2O[C@@H](n3ccc(=O)n4ccnc34)[C@H](O[P+](=O)O)[C@@H]2O[Si](C)(C)C(C)(C)C)(c2ccccc2)c2ccc(OC)cc2)cc1. The van der Waals surface area contributed by atoms with Crippen molar-refractivity contribution in [3.63, 3.8) is 0 Å². The number of fused-ring (bicyclic) bond motifs is 2. The van der Waals surface area contributed by atoms with Gasteiger partial charge in [-0.25, -0.2) is 9.97 Å². The first-order valence-corrected chi connectivity index (χ1v) is 35.6. The second-order valence-corrected chi connectivity index (χ2v) is 35.0. The van der Waals surface area contributed by atoms with Crippen molar-refractivity contribution in [3.05, 3.63) is 166 Å². The quantitative estimate of drug-likeness (QED) is 0.0256. The maximum absolute atomic E-state index is 13.4. The monoisotopic (exact) mass is 1230 g/mol. The number of imidazole rings is 2. The van der Waals surface area contributed by atoms with E-state index in [-0.39, 0.29) is 59.0 Å². The molecular weight excluding hydrogens is 1150 g/mol. The van der Waals surface area contributed by atoms with E-state index in [1.165, 1.54) is 45.7 Å². The average Bonchev–Trinajstić information content (AvgIpc) is 2.18. The molecule has 0 saturated carbocycles. The van der Waals surface area contributed by atoms with Gasteiger partial charge in [-0.15, -0.1) is 9.42 Å². The molecule has 3 aromatic carbocycles. The lowest BCUT2D eigenvalue weighted by atomic mass is 9.80. The van der Waals surface area contributed by atoms with E-state index < -0.39 is 88.2 Å². The molecule has 4 aromatic heterocycles. The van der Waals surface area contributed by atoms with E-state index in [0.717, 1.165) is 16.7 Å². The Morgan fingerprint density at radius 2 is 1.12 bits per heavy atom. The van der Waals surface area contributed by atoms with Crippen LogP contribution in [-0.2, 0) is 51.3 Å². The average molecular weight is 1230 g/mol. The van der Waals surface area contributed by atoms with Crippen LogP contribution in [0, 0.1) is 11.3 Å². The maximum atomic E-state index is 13.4. The summed E-state index contributed by atoms with van der Waals surface area (Å²) in [5.41, 5.74) is 0.341. The molecule has 84 heavy (non-hydrogen) atoms. The summed E-state index contributed by atoms with van der Waals surface area (Å²) in [6.45, 7) is 20.3. The lowest BCUT2D eigenvalue weighted by molar-refractivity contribution is -0.0938. The standard InChI is InChI=1S/C58H73N7O15P2Si2/c1-56(2,3)83(9,10)79-49-45(76-52(50(49)77-81(68)69)64-32-27-46(66)62-34-30-60-54(62)64)38-74-82(73-36-16-29-59)78-48-44(75-53(51(48)80-84(11,12)57(4,5)6)65-33-28-47(67)63-35-31-61-55(63)65)37-72-58(39-17-14-13-15-18-39,40-19-23-42(70-7)24-20-40)41-21-25-43(71-8)26-22-41/h13-15,17-28,30-35,44-45,48-53H,16,36-38H2,1-12H3/p+1/t44-,45-,48-,49-,50-,51-,52-,53-,82?/m1/s1. The Morgan fingerprint density at radius 1 is 0.643 bits per heavy atom. The Morgan fingerprint density at radius 3 is 1.60 bits per heavy atom. The second-order valence-electron chi connectivity index (χ2n) is 23.6. The summed E-state index contributed by atoms with van der Waals surface area (Å²) in [5, 5.41) is 9.19. The molecule has 1 N–H and O–H groups in total. The zero-order valence-electron chi connectivity index (χ0n) is 49.3. The van der Waals surface area contributed by atoms with Crippen molar-refractivity contribution in [3.8, 4) is 17.6 Å². The van der Waals surface area contributed by atoms with E-state index in [1.807, 2.05) is 92.0 Å². The molecule has 7 aromatic rings. The van der Waals surface area contributed by atoms with E-state index >= 15 is 0 Å². The molecule has 0 amide bonds. The molecule has 0 radical (unpaired) electrons. The van der Waals surface area contributed by atoms with Crippen LogP contribution in [0.1, 0.15) is 77.1 Å². The molecule has 9 rings (SSSR count). The Labute approximate surface area is 492 Å². The summed E-state index contributed by atoms with van der Waals surface area (Å²) in [5.74, 6) is 1.76. The number of ether oxygens (including phenoxy) is 5. The van der Waals surface area contributed by atoms with Gasteiger partial charge in [-0.2, -0.15) is 5.26 Å². The van der Waals surface area contributed by atoms with Gasteiger partial charge >= 0.3 is 16.9 Å². The minimum atomic E-state index is -3.24. The summed E-state index contributed by atoms with van der Waals surface area (Å²) in [6.07, 6.45) is 0.611. The largest absolute Gasteiger partial charge is 0.695 e. The van der Waals surface area contributed by atoms with Crippen LogP contribution in [0.5, 0.6) is 11.5 Å². The number of hydrogen-bond donors (Lipinski definition) is 1. The minimum absolute atomic E-state index is 0.0321. The Balaban J connectivity index is 1.17. The fourth-order valence-electron chi connectivity index (χ4n) is 9.85. The number of hydrogen-bond acceptors (Lipinski definition) is 17. The molecule has 0 aliphatic carbocycles. The van der Waals surface area contributed by atoms with Crippen LogP contribution in [0.4, 0.5) is 0 Å². The number of methoxy groups -OCH3 is 2. The fourth-order valence-corrected chi connectivity index (χ4v) is 14.0.